The van der Waals surface area contributed by atoms with Crippen LogP contribution in [0, 0.1) is 0 Å². The molecule has 0 bridgehead atoms. The minimum atomic E-state index is -3.49. The van der Waals surface area contributed by atoms with Crippen LogP contribution in [0.5, 0.6) is 0 Å². The van der Waals surface area contributed by atoms with Crippen LogP contribution in [0.2, 0.25) is 0 Å². The Kier molecular flexibility index (Phi) is 7.04. The van der Waals surface area contributed by atoms with E-state index in [1.165, 1.54) is 12.1 Å². The lowest BCUT2D eigenvalue weighted by Gasteiger charge is -2.13. The summed E-state index contributed by atoms with van der Waals surface area (Å²) in [6, 6.07) is 7.29. The molecule has 7 heteroatoms. The minimum absolute atomic E-state index is 0.178. The van der Waals surface area contributed by atoms with E-state index >= 15 is 0 Å². The Balaban J connectivity index is 2.48. The smallest absolute Gasteiger partial charge is 0.242 e. The van der Waals surface area contributed by atoms with Crippen molar-refractivity contribution in [1.82, 2.24) is 10.6 Å². The highest BCUT2D eigenvalue weighted by atomic mass is 32.2. The predicted molar refractivity (Wildman–Crippen MR) is 84.0 cm³/mol. The van der Waals surface area contributed by atoms with E-state index in [4.69, 9.17) is 0 Å². The topological polar surface area (TPSA) is 92.3 Å². The van der Waals surface area contributed by atoms with E-state index < -0.39 is 21.8 Å². The number of sulfone groups is 1. The standard InChI is InChI=1S/C15H22N2O4S/c1-3-10-16-15(19)12(2)17-14(18)9-11-22(20,21)13-7-5-4-6-8-13/h4-8,12H,3,9-11H2,1-2H3,(H,16,19)(H,17,18)/t12-/m0/s1. The predicted octanol–water partition coefficient (Wildman–Crippen LogP) is 0.881. The molecule has 0 unspecified atom stereocenters. The van der Waals surface area contributed by atoms with Gasteiger partial charge in [0.1, 0.15) is 6.04 Å². The Morgan fingerprint density at radius 2 is 1.82 bits per heavy atom. The second kappa shape index (κ2) is 8.53. The molecule has 6 nitrogen and oxygen atoms in total. The first-order valence-corrected chi connectivity index (χ1v) is 8.87. The summed E-state index contributed by atoms with van der Waals surface area (Å²) in [7, 11) is -3.49. The van der Waals surface area contributed by atoms with Gasteiger partial charge in [-0.1, -0.05) is 25.1 Å². The highest BCUT2D eigenvalue weighted by molar-refractivity contribution is 7.91. The van der Waals surface area contributed by atoms with Crippen molar-refractivity contribution in [1.29, 1.82) is 0 Å². The fourth-order valence-corrected chi connectivity index (χ4v) is 3.01. The van der Waals surface area contributed by atoms with Gasteiger partial charge in [-0.05, 0) is 25.5 Å². The summed E-state index contributed by atoms with van der Waals surface area (Å²) >= 11 is 0. The van der Waals surface area contributed by atoms with E-state index in [0.717, 1.165) is 6.42 Å². The number of carbonyl (C=O) groups excluding carboxylic acids is 2. The van der Waals surface area contributed by atoms with Gasteiger partial charge in [0, 0.05) is 13.0 Å². The third kappa shape index (κ3) is 5.85. The van der Waals surface area contributed by atoms with E-state index in [1.807, 2.05) is 6.92 Å². The molecule has 0 saturated carbocycles. The van der Waals surface area contributed by atoms with Gasteiger partial charge >= 0.3 is 0 Å². The third-order valence-corrected chi connectivity index (χ3v) is 4.75. The first-order valence-electron chi connectivity index (χ1n) is 7.21. The van der Waals surface area contributed by atoms with Crippen LogP contribution in [0.1, 0.15) is 26.7 Å². The van der Waals surface area contributed by atoms with E-state index in [-0.39, 0.29) is 23.0 Å². The molecule has 0 aliphatic heterocycles. The summed E-state index contributed by atoms with van der Waals surface area (Å²) in [5.74, 6) is -1.02. The van der Waals surface area contributed by atoms with Gasteiger partial charge in [0.2, 0.25) is 11.8 Å². The van der Waals surface area contributed by atoms with Crippen LogP contribution in [0.4, 0.5) is 0 Å². The highest BCUT2D eigenvalue weighted by Crippen LogP contribution is 2.10. The lowest BCUT2D eigenvalue weighted by molar-refractivity contribution is -0.128. The fraction of sp³-hybridized carbons (Fsp3) is 0.467. The van der Waals surface area contributed by atoms with Crippen LogP contribution in [0.15, 0.2) is 35.2 Å². The van der Waals surface area contributed by atoms with Crippen molar-refractivity contribution in [2.75, 3.05) is 12.3 Å². The van der Waals surface area contributed by atoms with Crippen LogP contribution in [0.25, 0.3) is 0 Å². The first-order chi connectivity index (χ1) is 10.4. The fourth-order valence-electron chi connectivity index (χ4n) is 1.75. The number of nitrogens with one attached hydrogen (secondary N) is 2. The summed E-state index contributed by atoms with van der Waals surface area (Å²) in [6.45, 7) is 4.04. The lowest BCUT2D eigenvalue weighted by Crippen LogP contribution is -2.45. The summed E-state index contributed by atoms with van der Waals surface area (Å²) in [5, 5.41) is 5.16. The van der Waals surface area contributed by atoms with Crippen LogP contribution in [0.3, 0.4) is 0 Å². The number of benzene rings is 1. The van der Waals surface area contributed by atoms with Gasteiger partial charge in [-0.3, -0.25) is 9.59 Å². The van der Waals surface area contributed by atoms with Crippen molar-refractivity contribution in [2.24, 2.45) is 0 Å². The quantitative estimate of drug-likeness (QED) is 0.742. The molecular weight excluding hydrogens is 304 g/mol. The number of hydrogen-bond donors (Lipinski definition) is 2. The second-order valence-electron chi connectivity index (χ2n) is 4.96. The Hall–Kier alpha value is -1.89. The molecule has 1 aromatic carbocycles. The second-order valence-corrected chi connectivity index (χ2v) is 7.07. The average molecular weight is 326 g/mol. The number of amides is 2. The Morgan fingerprint density at radius 3 is 2.41 bits per heavy atom. The Labute approximate surface area is 131 Å². The number of rotatable bonds is 8. The largest absolute Gasteiger partial charge is 0.354 e. The zero-order valence-electron chi connectivity index (χ0n) is 12.8. The van der Waals surface area contributed by atoms with Crippen molar-refractivity contribution >= 4 is 21.7 Å². The molecular formula is C15H22N2O4S. The number of hydrogen-bond acceptors (Lipinski definition) is 4. The van der Waals surface area contributed by atoms with Crippen molar-refractivity contribution < 1.29 is 18.0 Å². The van der Waals surface area contributed by atoms with Gasteiger partial charge in [0.15, 0.2) is 9.84 Å². The lowest BCUT2D eigenvalue weighted by atomic mass is 10.3. The zero-order chi connectivity index (χ0) is 16.6. The maximum Gasteiger partial charge on any atom is 0.242 e. The molecule has 0 radical (unpaired) electrons. The molecule has 0 aliphatic rings. The van der Waals surface area contributed by atoms with Gasteiger partial charge in [0.25, 0.3) is 0 Å². The van der Waals surface area contributed by atoms with Crippen LogP contribution >= 0.6 is 0 Å². The van der Waals surface area contributed by atoms with Crippen molar-refractivity contribution in [2.45, 2.75) is 37.6 Å². The molecule has 1 atom stereocenters. The molecule has 2 N–H and O–H groups in total. The minimum Gasteiger partial charge on any atom is -0.354 e. The summed E-state index contributed by atoms with van der Waals surface area (Å²) in [5.41, 5.74) is 0. The molecule has 2 amide bonds. The van der Waals surface area contributed by atoms with Gasteiger partial charge in [-0.15, -0.1) is 0 Å². The molecule has 122 valence electrons. The SMILES string of the molecule is CCCNC(=O)[C@H](C)NC(=O)CCS(=O)(=O)c1ccccc1. The summed E-state index contributed by atoms with van der Waals surface area (Å²) in [4.78, 5) is 23.6. The number of carbonyl (C=O) groups is 2. The zero-order valence-corrected chi connectivity index (χ0v) is 13.7. The third-order valence-electron chi connectivity index (χ3n) is 3.02. The average Bonchev–Trinajstić information content (AvgIpc) is 2.51. The molecule has 0 fully saturated rings. The van der Waals surface area contributed by atoms with Gasteiger partial charge in [-0.25, -0.2) is 8.42 Å². The molecule has 0 aliphatic carbocycles. The van der Waals surface area contributed by atoms with Gasteiger partial charge in [-0.2, -0.15) is 0 Å². The summed E-state index contributed by atoms with van der Waals surface area (Å²) < 4.78 is 24.1. The monoisotopic (exact) mass is 326 g/mol. The first kappa shape index (κ1) is 18.2. The maximum absolute atomic E-state index is 12.0. The molecule has 1 aromatic rings. The molecule has 0 spiro atoms. The van der Waals surface area contributed by atoms with Crippen LogP contribution in [-0.2, 0) is 19.4 Å². The molecule has 22 heavy (non-hydrogen) atoms. The van der Waals surface area contributed by atoms with Crippen LogP contribution < -0.4 is 10.6 Å². The molecule has 0 heterocycles. The van der Waals surface area contributed by atoms with Gasteiger partial charge in [0.05, 0.1) is 10.6 Å². The summed E-state index contributed by atoms with van der Waals surface area (Å²) in [6.07, 6.45) is 0.629. The van der Waals surface area contributed by atoms with E-state index in [1.54, 1.807) is 25.1 Å². The van der Waals surface area contributed by atoms with Crippen molar-refractivity contribution in [3.8, 4) is 0 Å². The van der Waals surface area contributed by atoms with Crippen LogP contribution in [-0.4, -0.2) is 38.6 Å². The Bertz CT molecular complexity index is 599. The van der Waals surface area contributed by atoms with E-state index in [0.29, 0.717) is 6.54 Å². The normalized spacial score (nSPS) is 12.5. The van der Waals surface area contributed by atoms with E-state index in [9.17, 15) is 18.0 Å². The van der Waals surface area contributed by atoms with Crippen molar-refractivity contribution in [3.63, 3.8) is 0 Å². The Morgan fingerprint density at radius 1 is 1.18 bits per heavy atom. The maximum atomic E-state index is 12.0. The van der Waals surface area contributed by atoms with E-state index in [2.05, 4.69) is 10.6 Å². The highest BCUT2D eigenvalue weighted by Gasteiger charge is 2.19. The molecule has 0 saturated heterocycles. The molecule has 1 rings (SSSR count). The molecule has 0 aromatic heterocycles. The van der Waals surface area contributed by atoms with Crippen molar-refractivity contribution in [3.05, 3.63) is 30.3 Å². The van der Waals surface area contributed by atoms with Gasteiger partial charge < -0.3 is 10.6 Å².